The lowest BCUT2D eigenvalue weighted by Gasteiger charge is -2.19. The van der Waals surface area contributed by atoms with Crippen molar-refractivity contribution < 1.29 is 0 Å². The maximum absolute atomic E-state index is 12.1. The van der Waals surface area contributed by atoms with Gasteiger partial charge in [0.15, 0.2) is 0 Å². The van der Waals surface area contributed by atoms with Crippen LogP contribution in [0.15, 0.2) is 17.1 Å². The van der Waals surface area contributed by atoms with Crippen LogP contribution in [0.5, 0.6) is 0 Å². The third-order valence-electron chi connectivity index (χ3n) is 3.29. The Bertz CT molecular complexity index is 424. The second-order valence-corrected chi connectivity index (χ2v) is 4.79. The van der Waals surface area contributed by atoms with Gasteiger partial charge in [-0.2, -0.15) is 5.10 Å². The predicted octanol–water partition coefficient (Wildman–Crippen LogP) is 1.48. The molecule has 19 heavy (non-hydrogen) atoms. The smallest absolute Gasteiger partial charge is 0.268 e. The van der Waals surface area contributed by atoms with Crippen LogP contribution in [0.2, 0.25) is 0 Å². The molecule has 1 rings (SSSR count). The van der Waals surface area contributed by atoms with Gasteiger partial charge in [-0.1, -0.05) is 20.3 Å². The van der Waals surface area contributed by atoms with Crippen molar-refractivity contribution in [3.8, 4) is 0 Å². The molecule has 1 heterocycles. The minimum Gasteiger partial charge on any atom is -0.373 e. The summed E-state index contributed by atoms with van der Waals surface area (Å²) in [4.78, 5) is 14.1. The van der Waals surface area contributed by atoms with Crippen LogP contribution in [-0.2, 0) is 6.54 Å². The lowest BCUT2D eigenvalue weighted by Crippen LogP contribution is -2.37. The molecule has 5 nitrogen and oxygen atoms in total. The van der Waals surface area contributed by atoms with Gasteiger partial charge in [-0.15, -0.1) is 0 Å². The van der Waals surface area contributed by atoms with Crippen molar-refractivity contribution in [2.24, 2.45) is 0 Å². The van der Waals surface area contributed by atoms with Crippen molar-refractivity contribution in [2.45, 2.75) is 46.2 Å². The third kappa shape index (κ3) is 4.67. The molecule has 1 unspecified atom stereocenters. The molecule has 0 radical (unpaired) electrons. The molecule has 1 atom stereocenters. The summed E-state index contributed by atoms with van der Waals surface area (Å²) in [7, 11) is 1.96. The molecule has 1 N–H and O–H groups in total. The van der Waals surface area contributed by atoms with E-state index in [0.29, 0.717) is 12.6 Å². The molecule has 0 aromatic carbocycles. The van der Waals surface area contributed by atoms with Gasteiger partial charge in [0.2, 0.25) is 0 Å². The topological polar surface area (TPSA) is 50.2 Å². The summed E-state index contributed by atoms with van der Waals surface area (Å²) < 4.78 is 1.55. The first-order chi connectivity index (χ1) is 9.12. The SMILES string of the molecule is CCCC(Cn1ncc(N(C)CC)cc1=O)NCC. The first kappa shape index (κ1) is 15.7. The maximum Gasteiger partial charge on any atom is 0.268 e. The summed E-state index contributed by atoms with van der Waals surface area (Å²) in [5, 5.41) is 7.67. The van der Waals surface area contributed by atoms with Crippen LogP contribution in [0.3, 0.4) is 0 Å². The molecule has 0 saturated heterocycles. The summed E-state index contributed by atoms with van der Waals surface area (Å²) in [6.07, 6.45) is 3.92. The van der Waals surface area contributed by atoms with Gasteiger partial charge in [0.1, 0.15) is 0 Å². The molecular formula is C14H26N4O. The normalized spacial score (nSPS) is 12.4. The second-order valence-electron chi connectivity index (χ2n) is 4.79. The number of likely N-dealkylation sites (N-methyl/N-ethyl adjacent to an activating group) is 1. The summed E-state index contributed by atoms with van der Waals surface area (Å²) in [6.45, 7) is 8.69. The Morgan fingerprint density at radius 2 is 2.16 bits per heavy atom. The molecule has 1 aromatic rings. The number of rotatable bonds is 8. The van der Waals surface area contributed by atoms with Gasteiger partial charge >= 0.3 is 0 Å². The van der Waals surface area contributed by atoms with Gasteiger partial charge in [0.05, 0.1) is 18.4 Å². The largest absolute Gasteiger partial charge is 0.373 e. The number of nitrogens with zero attached hydrogens (tertiary/aromatic N) is 3. The summed E-state index contributed by atoms with van der Waals surface area (Å²) in [5.74, 6) is 0. The van der Waals surface area contributed by atoms with Gasteiger partial charge in [-0.05, 0) is 19.9 Å². The van der Waals surface area contributed by atoms with Gasteiger partial charge < -0.3 is 10.2 Å². The molecular weight excluding hydrogens is 240 g/mol. The Labute approximate surface area is 115 Å². The van der Waals surface area contributed by atoms with E-state index in [1.54, 1.807) is 16.9 Å². The lowest BCUT2D eigenvalue weighted by molar-refractivity contribution is 0.399. The molecule has 108 valence electrons. The zero-order valence-electron chi connectivity index (χ0n) is 12.5. The minimum atomic E-state index is -0.0307. The number of nitrogens with one attached hydrogen (secondary N) is 1. The van der Waals surface area contributed by atoms with Crippen LogP contribution in [0, 0.1) is 0 Å². The van der Waals surface area contributed by atoms with E-state index in [1.165, 1.54) is 0 Å². The van der Waals surface area contributed by atoms with Gasteiger partial charge in [0.25, 0.3) is 5.56 Å². The van der Waals surface area contributed by atoms with Crippen molar-refractivity contribution in [1.29, 1.82) is 0 Å². The van der Waals surface area contributed by atoms with Gasteiger partial charge in [0, 0.05) is 25.7 Å². The van der Waals surface area contributed by atoms with Crippen LogP contribution in [0.25, 0.3) is 0 Å². The molecule has 0 saturated carbocycles. The van der Waals surface area contributed by atoms with Crippen LogP contribution in [0.1, 0.15) is 33.6 Å². The highest BCUT2D eigenvalue weighted by atomic mass is 16.1. The van der Waals surface area contributed by atoms with E-state index in [2.05, 4.69) is 24.3 Å². The van der Waals surface area contributed by atoms with E-state index >= 15 is 0 Å². The fraction of sp³-hybridized carbons (Fsp3) is 0.714. The van der Waals surface area contributed by atoms with Crippen LogP contribution >= 0.6 is 0 Å². The van der Waals surface area contributed by atoms with E-state index in [9.17, 15) is 4.79 Å². The zero-order valence-corrected chi connectivity index (χ0v) is 12.5. The van der Waals surface area contributed by atoms with E-state index < -0.39 is 0 Å². The van der Waals surface area contributed by atoms with Gasteiger partial charge in [-0.3, -0.25) is 4.79 Å². The fourth-order valence-electron chi connectivity index (χ4n) is 2.06. The molecule has 0 aliphatic heterocycles. The zero-order chi connectivity index (χ0) is 14.3. The Hall–Kier alpha value is -1.36. The Balaban J connectivity index is 2.81. The van der Waals surface area contributed by atoms with Gasteiger partial charge in [-0.25, -0.2) is 4.68 Å². The molecule has 0 bridgehead atoms. The number of aromatic nitrogens is 2. The Morgan fingerprint density at radius 1 is 1.42 bits per heavy atom. The minimum absolute atomic E-state index is 0.0307. The molecule has 5 heteroatoms. The monoisotopic (exact) mass is 266 g/mol. The quantitative estimate of drug-likeness (QED) is 0.774. The predicted molar refractivity (Wildman–Crippen MR) is 79.8 cm³/mol. The molecule has 0 spiro atoms. The molecule has 1 aromatic heterocycles. The van der Waals surface area contributed by atoms with Crippen molar-refractivity contribution >= 4 is 5.69 Å². The van der Waals surface area contributed by atoms with Crippen molar-refractivity contribution in [2.75, 3.05) is 25.0 Å². The highest BCUT2D eigenvalue weighted by Gasteiger charge is 2.10. The highest BCUT2D eigenvalue weighted by Crippen LogP contribution is 2.06. The van der Waals surface area contributed by atoms with Crippen LogP contribution in [0.4, 0.5) is 5.69 Å². The first-order valence-electron chi connectivity index (χ1n) is 7.14. The van der Waals surface area contributed by atoms with Crippen molar-refractivity contribution in [3.63, 3.8) is 0 Å². The maximum atomic E-state index is 12.1. The number of anilines is 1. The van der Waals surface area contributed by atoms with Crippen LogP contribution in [-0.4, -0.2) is 36.0 Å². The Morgan fingerprint density at radius 3 is 2.68 bits per heavy atom. The lowest BCUT2D eigenvalue weighted by atomic mass is 10.1. The number of hydrogen-bond acceptors (Lipinski definition) is 4. The number of hydrogen-bond donors (Lipinski definition) is 1. The van der Waals surface area contributed by atoms with E-state index in [0.717, 1.165) is 31.6 Å². The standard InChI is InChI=1S/C14H26N4O/c1-5-8-12(15-6-2)11-18-14(19)9-13(10-16-18)17(4)7-3/h9-10,12,15H,5-8,11H2,1-4H3. The molecule has 0 fully saturated rings. The van der Waals surface area contributed by atoms with E-state index in [1.807, 2.05) is 18.9 Å². The Kier molecular flexibility index (Phi) is 6.56. The molecule has 0 amide bonds. The first-order valence-corrected chi connectivity index (χ1v) is 7.14. The van der Waals surface area contributed by atoms with Crippen molar-refractivity contribution in [3.05, 3.63) is 22.6 Å². The molecule has 0 aliphatic rings. The third-order valence-corrected chi connectivity index (χ3v) is 3.29. The average Bonchev–Trinajstić information content (AvgIpc) is 2.40. The second kappa shape index (κ2) is 7.94. The summed E-state index contributed by atoms with van der Waals surface area (Å²) in [6, 6.07) is 1.97. The summed E-state index contributed by atoms with van der Waals surface area (Å²) in [5.41, 5.74) is 0.844. The fourth-order valence-corrected chi connectivity index (χ4v) is 2.06. The molecule has 0 aliphatic carbocycles. The van der Waals surface area contributed by atoms with E-state index in [-0.39, 0.29) is 5.56 Å². The summed E-state index contributed by atoms with van der Waals surface area (Å²) >= 11 is 0. The highest BCUT2D eigenvalue weighted by molar-refractivity contribution is 5.41. The van der Waals surface area contributed by atoms with E-state index in [4.69, 9.17) is 0 Å². The van der Waals surface area contributed by atoms with Crippen LogP contribution < -0.4 is 15.8 Å². The average molecular weight is 266 g/mol. The van der Waals surface area contributed by atoms with Crippen molar-refractivity contribution in [1.82, 2.24) is 15.1 Å².